The third-order valence-electron chi connectivity index (χ3n) is 4.15. The molecule has 6 nitrogen and oxygen atoms in total. The highest BCUT2D eigenvalue weighted by atomic mass is 16.5. The lowest BCUT2D eigenvalue weighted by Gasteiger charge is -2.19. The molecule has 3 rings (SSSR count). The van der Waals surface area contributed by atoms with Crippen LogP contribution in [0.25, 0.3) is 11.3 Å². The van der Waals surface area contributed by atoms with Gasteiger partial charge < -0.3 is 15.8 Å². The molecule has 0 fully saturated rings. The lowest BCUT2D eigenvalue weighted by Crippen LogP contribution is -2.12. The highest BCUT2D eigenvalue weighted by Gasteiger charge is 2.12. The monoisotopic (exact) mass is 349 g/mol. The van der Waals surface area contributed by atoms with E-state index in [1.54, 1.807) is 25.7 Å². The number of nitrogens with two attached hydrogens (primary N) is 1. The van der Waals surface area contributed by atoms with Gasteiger partial charge in [-0.1, -0.05) is 25.5 Å². The average Bonchev–Trinajstić information content (AvgIpc) is 2.69. The number of anilines is 2. The van der Waals surface area contributed by atoms with Crippen LogP contribution in [0.15, 0.2) is 55.1 Å². The van der Waals surface area contributed by atoms with Gasteiger partial charge in [0.2, 0.25) is 0 Å². The second-order valence-corrected chi connectivity index (χ2v) is 6.02. The van der Waals surface area contributed by atoms with E-state index in [-0.39, 0.29) is 6.04 Å². The van der Waals surface area contributed by atoms with Gasteiger partial charge in [-0.05, 0) is 30.2 Å². The Hall–Kier alpha value is -3.15. The maximum Gasteiger partial charge on any atom is 0.145 e. The fourth-order valence-corrected chi connectivity index (χ4v) is 2.82. The van der Waals surface area contributed by atoms with Gasteiger partial charge in [-0.15, -0.1) is 0 Å². The summed E-state index contributed by atoms with van der Waals surface area (Å²) in [5.41, 5.74) is 9.28. The van der Waals surface area contributed by atoms with Crippen molar-refractivity contribution in [3.63, 3.8) is 0 Å². The van der Waals surface area contributed by atoms with Crippen LogP contribution in [0.2, 0.25) is 0 Å². The van der Waals surface area contributed by atoms with Crippen molar-refractivity contribution in [1.29, 1.82) is 0 Å². The average molecular weight is 349 g/mol. The molecule has 134 valence electrons. The fraction of sp³-hybridized carbons (Fsp3) is 0.250. The molecule has 1 atom stereocenters. The van der Waals surface area contributed by atoms with E-state index in [9.17, 15) is 0 Å². The fourth-order valence-electron chi connectivity index (χ4n) is 2.82. The van der Waals surface area contributed by atoms with Crippen LogP contribution in [-0.2, 0) is 0 Å². The predicted octanol–water partition coefficient (Wildman–Crippen LogP) is 4.08. The summed E-state index contributed by atoms with van der Waals surface area (Å²) in [5.74, 6) is 1.35. The maximum absolute atomic E-state index is 5.89. The van der Waals surface area contributed by atoms with Crippen molar-refractivity contribution in [2.24, 2.45) is 0 Å². The van der Waals surface area contributed by atoms with Gasteiger partial charge in [0.1, 0.15) is 11.6 Å². The minimum Gasteiger partial charge on any atom is -0.495 e. The lowest BCUT2D eigenvalue weighted by atomic mass is 10.0. The van der Waals surface area contributed by atoms with Crippen molar-refractivity contribution >= 4 is 11.5 Å². The van der Waals surface area contributed by atoms with Crippen LogP contribution in [-0.4, -0.2) is 22.1 Å². The number of pyridine rings is 1. The van der Waals surface area contributed by atoms with Crippen LogP contribution in [0.5, 0.6) is 5.75 Å². The highest BCUT2D eigenvalue weighted by molar-refractivity contribution is 5.67. The quantitative estimate of drug-likeness (QED) is 0.625. The molecular weight excluding hydrogens is 326 g/mol. The van der Waals surface area contributed by atoms with Crippen LogP contribution in [0, 0.1) is 0 Å². The first-order chi connectivity index (χ1) is 12.7. The van der Waals surface area contributed by atoms with Crippen LogP contribution in [0.1, 0.15) is 31.4 Å². The summed E-state index contributed by atoms with van der Waals surface area (Å²) in [7, 11) is 1.60. The van der Waals surface area contributed by atoms with Gasteiger partial charge in [-0.3, -0.25) is 9.97 Å². The summed E-state index contributed by atoms with van der Waals surface area (Å²) < 4.78 is 5.30. The molecule has 6 heteroatoms. The Morgan fingerprint density at radius 1 is 1.15 bits per heavy atom. The molecule has 2 aromatic heterocycles. The zero-order valence-electron chi connectivity index (χ0n) is 15.0. The van der Waals surface area contributed by atoms with Crippen LogP contribution in [0.4, 0.5) is 11.5 Å². The van der Waals surface area contributed by atoms with Crippen molar-refractivity contribution in [2.45, 2.75) is 25.8 Å². The number of methoxy groups -OCH3 is 1. The van der Waals surface area contributed by atoms with Crippen LogP contribution in [0.3, 0.4) is 0 Å². The molecule has 0 amide bonds. The molecule has 3 aromatic rings. The zero-order chi connectivity index (χ0) is 18.4. The van der Waals surface area contributed by atoms with Gasteiger partial charge in [0.25, 0.3) is 0 Å². The van der Waals surface area contributed by atoms with E-state index in [0.29, 0.717) is 11.4 Å². The lowest BCUT2D eigenvalue weighted by molar-refractivity contribution is 0.417. The molecule has 0 saturated carbocycles. The molecule has 1 unspecified atom stereocenters. The van der Waals surface area contributed by atoms with Gasteiger partial charge in [-0.25, -0.2) is 4.98 Å². The molecule has 0 aliphatic carbocycles. The Bertz CT molecular complexity index is 854. The van der Waals surface area contributed by atoms with Gasteiger partial charge in [-0.2, -0.15) is 0 Å². The largest absolute Gasteiger partial charge is 0.495 e. The van der Waals surface area contributed by atoms with E-state index in [4.69, 9.17) is 15.5 Å². The normalized spacial score (nSPS) is 11.8. The molecule has 0 radical (unpaired) electrons. The van der Waals surface area contributed by atoms with E-state index in [0.717, 1.165) is 35.5 Å². The third kappa shape index (κ3) is 4.08. The minimum absolute atomic E-state index is 0.138. The number of rotatable bonds is 7. The number of hydrogen-bond donors (Lipinski definition) is 2. The van der Waals surface area contributed by atoms with Gasteiger partial charge in [0, 0.05) is 18.0 Å². The number of nitrogen functional groups attached to an aromatic ring is 1. The number of nitrogens with zero attached hydrogens (tertiary/aromatic N) is 3. The number of hydrogen-bond acceptors (Lipinski definition) is 6. The number of aromatic nitrogens is 3. The summed E-state index contributed by atoms with van der Waals surface area (Å²) >= 11 is 0. The van der Waals surface area contributed by atoms with E-state index in [1.165, 1.54) is 0 Å². The standard InChI is InChI=1S/C20H23N5O/c1-3-5-17(15-6-4-9-22-11-15)24-20-13-23-12-18(25-20)14-7-8-16(21)19(10-14)26-2/h4,6-13,17H,3,5,21H2,1-2H3,(H,24,25). The van der Waals surface area contributed by atoms with E-state index >= 15 is 0 Å². The molecular formula is C20H23N5O. The minimum atomic E-state index is 0.138. The van der Waals surface area contributed by atoms with E-state index < -0.39 is 0 Å². The van der Waals surface area contributed by atoms with Crippen molar-refractivity contribution in [3.8, 4) is 17.0 Å². The number of benzene rings is 1. The summed E-state index contributed by atoms with van der Waals surface area (Å²) in [6, 6.07) is 9.75. The zero-order valence-corrected chi connectivity index (χ0v) is 15.0. The molecule has 1 aromatic carbocycles. The van der Waals surface area contributed by atoms with Crippen molar-refractivity contribution < 1.29 is 4.74 Å². The first kappa shape index (κ1) is 17.7. The molecule has 0 spiro atoms. The maximum atomic E-state index is 5.89. The van der Waals surface area contributed by atoms with E-state index in [2.05, 4.69) is 28.3 Å². The predicted molar refractivity (Wildman–Crippen MR) is 104 cm³/mol. The molecule has 2 heterocycles. The second-order valence-electron chi connectivity index (χ2n) is 6.02. The molecule has 0 saturated heterocycles. The van der Waals surface area contributed by atoms with Gasteiger partial charge in [0.15, 0.2) is 0 Å². The summed E-state index contributed by atoms with van der Waals surface area (Å²) in [6.07, 6.45) is 9.16. The summed E-state index contributed by atoms with van der Waals surface area (Å²) in [4.78, 5) is 13.3. The Balaban J connectivity index is 1.86. The van der Waals surface area contributed by atoms with Gasteiger partial charge in [0.05, 0.1) is 36.9 Å². The third-order valence-corrected chi connectivity index (χ3v) is 4.15. The summed E-state index contributed by atoms with van der Waals surface area (Å²) in [6.45, 7) is 2.16. The molecule has 26 heavy (non-hydrogen) atoms. The first-order valence-electron chi connectivity index (χ1n) is 8.63. The Morgan fingerprint density at radius 2 is 2.04 bits per heavy atom. The topological polar surface area (TPSA) is 86.0 Å². The Kier molecular flexibility index (Phi) is 5.63. The van der Waals surface area contributed by atoms with Crippen LogP contribution < -0.4 is 15.8 Å². The number of ether oxygens (including phenoxy) is 1. The summed E-state index contributed by atoms with van der Waals surface area (Å²) in [5, 5.41) is 3.48. The molecule has 0 aliphatic heterocycles. The van der Waals surface area contributed by atoms with Crippen molar-refractivity contribution in [3.05, 3.63) is 60.7 Å². The van der Waals surface area contributed by atoms with Crippen molar-refractivity contribution in [2.75, 3.05) is 18.2 Å². The highest BCUT2D eigenvalue weighted by Crippen LogP contribution is 2.29. The second kappa shape index (κ2) is 8.29. The molecule has 0 bridgehead atoms. The Morgan fingerprint density at radius 3 is 2.77 bits per heavy atom. The SMILES string of the molecule is CCCC(Nc1cncc(-c2ccc(N)c(OC)c2)n1)c1cccnc1. The van der Waals surface area contributed by atoms with Crippen LogP contribution >= 0.6 is 0 Å². The van der Waals surface area contributed by atoms with Gasteiger partial charge >= 0.3 is 0 Å². The number of nitrogens with one attached hydrogen (secondary N) is 1. The Labute approximate surface area is 153 Å². The van der Waals surface area contributed by atoms with E-state index in [1.807, 2.05) is 30.5 Å². The van der Waals surface area contributed by atoms with Crippen molar-refractivity contribution in [1.82, 2.24) is 15.0 Å². The molecule has 3 N–H and O–H groups in total. The molecule has 0 aliphatic rings. The first-order valence-corrected chi connectivity index (χ1v) is 8.63. The smallest absolute Gasteiger partial charge is 0.145 e.